The molecule has 0 spiro atoms. The fourth-order valence-electron chi connectivity index (χ4n) is 2.13. The second-order valence-corrected chi connectivity index (χ2v) is 4.46. The van der Waals surface area contributed by atoms with Gasteiger partial charge in [0, 0.05) is 13.1 Å². The topological polar surface area (TPSA) is 101 Å². The molecule has 2 rings (SSSR count). The first kappa shape index (κ1) is 14.5. The molecule has 0 aliphatic carbocycles. The number of ether oxygens (including phenoxy) is 1. The van der Waals surface area contributed by atoms with Crippen molar-refractivity contribution in [3.05, 3.63) is 22.2 Å². The molecule has 1 unspecified atom stereocenters. The van der Waals surface area contributed by atoms with E-state index in [0.717, 1.165) is 0 Å². The van der Waals surface area contributed by atoms with Gasteiger partial charge in [-0.2, -0.15) is 0 Å². The monoisotopic (exact) mass is 282 g/mol. The predicted molar refractivity (Wildman–Crippen MR) is 74.1 cm³/mol. The molecule has 1 aromatic rings. The summed E-state index contributed by atoms with van der Waals surface area (Å²) in [6.45, 7) is 3.88. The number of hydrogen-bond acceptors (Lipinski definition) is 7. The molecule has 0 aromatic carbocycles. The van der Waals surface area contributed by atoms with E-state index in [4.69, 9.17) is 4.74 Å². The number of aromatic nitrogens is 1. The fourth-order valence-corrected chi connectivity index (χ4v) is 2.13. The first-order valence-electron chi connectivity index (χ1n) is 6.51. The highest BCUT2D eigenvalue weighted by Gasteiger charge is 2.25. The average molecular weight is 282 g/mol. The van der Waals surface area contributed by atoms with Crippen molar-refractivity contribution in [2.75, 3.05) is 43.1 Å². The van der Waals surface area contributed by atoms with E-state index >= 15 is 0 Å². The van der Waals surface area contributed by atoms with Crippen LogP contribution >= 0.6 is 0 Å². The molecule has 1 saturated heterocycles. The third-order valence-corrected chi connectivity index (χ3v) is 3.10. The van der Waals surface area contributed by atoms with Gasteiger partial charge in [0.15, 0.2) is 0 Å². The minimum Gasteiger partial charge on any atom is -0.394 e. The summed E-state index contributed by atoms with van der Waals surface area (Å²) in [5, 5.41) is 23.4. The number of aliphatic hydroxyl groups excluding tert-OH is 1. The van der Waals surface area contributed by atoms with Crippen LogP contribution in [-0.4, -0.2) is 54.0 Å². The van der Waals surface area contributed by atoms with Crippen LogP contribution < -0.4 is 10.2 Å². The van der Waals surface area contributed by atoms with Crippen molar-refractivity contribution >= 4 is 17.3 Å². The van der Waals surface area contributed by atoms with Gasteiger partial charge in [0.25, 0.3) is 5.69 Å². The molecule has 110 valence electrons. The van der Waals surface area contributed by atoms with Crippen molar-refractivity contribution in [1.82, 2.24) is 4.98 Å². The van der Waals surface area contributed by atoms with Crippen LogP contribution in [0.1, 0.15) is 6.92 Å². The van der Waals surface area contributed by atoms with Crippen molar-refractivity contribution in [2.45, 2.75) is 13.0 Å². The summed E-state index contributed by atoms with van der Waals surface area (Å²) in [5.41, 5.74) is -0.0193. The van der Waals surface area contributed by atoms with Crippen LogP contribution in [0, 0.1) is 10.1 Å². The third-order valence-electron chi connectivity index (χ3n) is 3.10. The lowest BCUT2D eigenvalue weighted by Crippen LogP contribution is -2.48. The maximum Gasteiger partial charge on any atom is 0.276 e. The third kappa shape index (κ3) is 3.14. The molecule has 0 radical (unpaired) electrons. The Morgan fingerprint density at radius 2 is 2.45 bits per heavy atom. The molecule has 0 saturated carbocycles. The number of pyridine rings is 1. The largest absolute Gasteiger partial charge is 0.394 e. The van der Waals surface area contributed by atoms with Gasteiger partial charge in [0.1, 0.15) is 11.6 Å². The average Bonchev–Trinajstić information content (AvgIpc) is 2.47. The number of aliphatic hydroxyl groups is 1. The Labute approximate surface area is 116 Å². The van der Waals surface area contributed by atoms with Crippen LogP contribution in [0.25, 0.3) is 0 Å². The van der Waals surface area contributed by atoms with Gasteiger partial charge in [-0.25, -0.2) is 4.98 Å². The van der Waals surface area contributed by atoms with E-state index in [9.17, 15) is 15.2 Å². The van der Waals surface area contributed by atoms with E-state index in [1.54, 1.807) is 0 Å². The van der Waals surface area contributed by atoms with E-state index in [1.807, 2.05) is 11.8 Å². The molecule has 0 amide bonds. The van der Waals surface area contributed by atoms with E-state index in [2.05, 4.69) is 10.3 Å². The SMILES string of the molecule is CCNc1cc([N+](=O)[O-])cc(N2CCOCC2CO)n1. The summed E-state index contributed by atoms with van der Waals surface area (Å²) in [7, 11) is 0. The number of morpholine rings is 1. The van der Waals surface area contributed by atoms with Gasteiger partial charge in [-0.3, -0.25) is 10.1 Å². The van der Waals surface area contributed by atoms with Crippen molar-refractivity contribution < 1.29 is 14.8 Å². The second-order valence-electron chi connectivity index (χ2n) is 4.46. The fraction of sp³-hybridized carbons (Fsp3) is 0.583. The van der Waals surface area contributed by atoms with Crippen LogP contribution in [0.3, 0.4) is 0 Å². The first-order valence-corrected chi connectivity index (χ1v) is 6.51. The normalized spacial score (nSPS) is 18.9. The number of nitro groups is 1. The molecule has 8 heteroatoms. The molecule has 1 aromatic heterocycles. The van der Waals surface area contributed by atoms with Gasteiger partial charge in [0.05, 0.1) is 42.9 Å². The smallest absolute Gasteiger partial charge is 0.276 e. The van der Waals surface area contributed by atoms with Gasteiger partial charge in [-0.1, -0.05) is 0 Å². The van der Waals surface area contributed by atoms with Gasteiger partial charge < -0.3 is 20.1 Å². The summed E-state index contributed by atoms with van der Waals surface area (Å²) < 4.78 is 5.30. The minimum absolute atomic E-state index is 0.0193. The number of hydrogen-bond donors (Lipinski definition) is 2. The molecule has 8 nitrogen and oxygen atoms in total. The maximum atomic E-state index is 11.0. The summed E-state index contributed by atoms with van der Waals surface area (Å²) in [5.74, 6) is 0.942. The lowest BCUT2D eigenvalue weighted by atomic mass is 10.2. The Morgan fingerprint density at radius 1 is 1.65 bits per heavy atom. The highest BCUT2D eigenvalue weighted by molar-refractivity contribution is 5.56. The zero-order chi connectivity index (χ0) is 14.5. The zero-order valence-corrected chi connectivity index (χ0v) is 11.3. The van der Waals surface area contributed by atoms with Crippen molar-refractivity contribution in [2.24, 2.45) is 0 Å². The van der Waals surface area contributed by atoms with E-state index in [0.29, 0.717) is 37.9 Å². The van der Waals surface area contributed by atoms with Crippen molar-refractivity contribution in [3.8, 4) is 0 Å². The molecule has 1 aliphatic heterocycles. The van der Waals surface area contributed by atoms with Gasteiger partial charge in [0.2, 0.25) is 0 Å². The van der Waals surface area contributed by atoms with Crippen LogP contribution in [0.2, 0.25) is 0 Å². The second kappa shape index (κ2) is 6.49. The Hall–Kier alpha value is -1.93. The molecule has 1 atom stereocenters. The molecular formula is C12H18N4O4. The van der Waals surface area contributed by atoms with Crippen molar-refractivity contribution in [3.63, 3.8) is 0 Å². The number of rotatable bonds is 5. The summed E-state index contributed by atoms with van der Waals surface area (Å²) in [6.07, 6.45) is 0. The van der Waals surface area contributed by atoms with Crippen LogP contribution in [-0.2, 0) is 4.74 Å². The molecule has 1 fully saturated rings. The Morgan fingerprint density at radius 3 is 3.10 bits per heavy atom. The summed E-state index contributed by atoms with van der Waals surface area (Å²) >= 11 is 0. The first-order chi connectivity index (χ1) is 9.65. The summed E-state index contributed by atoms with van der Waals surface area (Å²) in [6, 6.07) is 2.60. The highest BCUT2D eigenvalue weighted by atomic mass is 16.6. The number of nitrogens with one attached hydrogen (secondary N) is 1. The molecule has 20 heavy (non-hydrogen) atoms. The van der Waals surface area contributed by atoms with E-state index < -0.39 is 4.92 Å². The van der Waals surface area contributed by atoms with Gasteiger partial charge in [-0.15, -0.1) is 0 Å². The molecule has 2 N–H and O–H groups in total. The van der Waals surface area contributed by atoms with E-state index in [1.165, 1.54) is 12.1 Å². The molecule has 1 aliphatic rings. The van der Waals surface area contributed by atoms with Crippen LogP contribution in [0.4, 0.5) is 17.3 Å². The molecule has 0 bridgehead atoms. The van der Waals surface area contributed by atoms with Gasteiger partial charge in [-0.05, 0) is 6.92 Å². The number of anilines is 2. The maximum absolute atomic E-state index is 11.0. The number of nitrogens with zero attached hydrogens (tertiary/aromatic N) is 3. The van der Waals surface area contributed by atoms with Crippen LogP contribution in [0.15, 0.2) is 12.1 Å². The van der Waals surface area contributed by atoms with E-state index in [-0.39, 0.29) is 18.3 Å². The Kier molecular flexibility index (Phi) is 4.70. The Bertz CT molecular complexity index is 483. The molecule has 2 heterocycles. The lowest BCUT2D eigenvalue weighted by Gasteiger charge is -2.35. The predicted octanol–water partition coefficient (Wildman–Crippen LogP) is 0.619. The lowest BCUT2D eigenvalue weighted by molar-refractivity contribution is -0.384. The quantitative estimate of drug-likeness (QED) is 0.603. The van der Waals surface area contributed by atoms with Crippen molar-refractivity contribution in [1.29, 1.82) is 0 Å². The van der Waals surface area contributed by atoms with Crippen LogP contribution in [0.5, 0.6) is 0 Å². The molecular weight excluding hydrogens is 264 g/mol. The standard InChI is InChI=1S/C12H18N4O4/c1-2-13-11-5-9(16(18)19)6-12(14-11)15-3-4-20-8-10(15)7-17/h5-6,10,17H,2-4,7-8H2,1H3,(H,13,14). The zero-order valence-electron chi connectivity index (χ0n) is 11.3. The Balaban J connectivity index is 2.35. The van der Waals surface area contributed by atoms with Gasteiger partial charge >= 0.3 is 0 Å². The summed E-state index contributed by atoms with van der Waals surface area (Å²) in [4.78, 5) is 16.8. The highest BCUT2D eigenvalue weighted by Crippen LogP contribution is 2.25. The minimum atomic E-state index is -0.444.